The van der Waals surface area contributed by atoms with Gasteiger partial charge >= 0.3 is 11.1 Å². The maximum absolute atomic E-state index is 12.5. The molecule has 1 atom stereocenters. The third-order valence-electron chi connectivity index (χ3n) is 4.72. The number of H-pyrrole nitrogens is 1. The van der Waals surface area contributed by atoms with E-state index in [0.717, 1.165) is 34.9 Å². The fourth-order valence-electron chi connectivity index (χ4n) is 3.58. The van der Waals surface area contributed by atoms with Crippen molar-refractivity contribution in [2.24, 2.45) is 0 Å². The smallest absolute Gasteiger partial charge is 0.316 e. The molecule has 1 unspecified atom stereocenters. The summed E-state index contributed by atoms with van der Waals surface area (Å²) in [4.78, 5) is 27.3. The van der Waals surface area contributed by atoms with Crippen molar-refractivity contribution in [3.63, 3.8) is 0 Å². The zero-order chi connectivity index (χ0) is 17.4. The van der Waals surface area contributed by atoms with Gasteiger partial charge in [0.2, 0.25) is 0 Å². The number of rotatable bonds is 4. The fraction of sp³-hybridized carbons (Fsp3) is 0.263. The number of aromatic amines is 1. The first kappa shape index (κ1) is 18.9. The molecule has 0 spiro atoms. The lowest BCUT2D eigenvalue weighted by molar-refractivity contribution is 0.417. The molecule has 2 aromatic carbocycles. The molecule has 5 nitrogen and oxygen atoms in total. The monoisotopic (exact) mass is 435 g/mol. The van der Waals surface area contributed by atoms with Gasteiger partial charge in [0.25, 0.3) is 0 Å². The van der Waals surface area contributed by atoms with Crippen molar-refractivity contribution in [2.75, 3.05) is 6.54 Å². The van der Waals surface area contributed by atoms with Crippen LogP contribution in [0.25, 0.3) is 11.0 Å². The molecule has 26 heavy (non-hydrogen) atoms. The van der Waals surface area contributed by atoms with Gasteiger partial charge in [0.05, 0.1) is 17.1 Å². The molecule has 7 heteroatoms. The minimum Gasteiger partial charge on any atom is -0.316 e. The summed E-state index contributed by atoms with van der Waals surface area (Å²) in [5.74, 6) is 0. The lowest BCUT2D eigenvalue weighted by Crippen LogP contribution is -2.42. The highest BCUT2D eigenvalue weighted by Crippen LogP contribution is 2.30. The molecule has 0 fully saturated rings. The third-order valence-corrected chi connectivity index (χ3v) is 5.18. The lowest BCUT2D eigenvalue weighted by atomic mass is 9.98. The average molecular weight is 437 g/mol. The third kappa shape index (κ3) is 3.49. The number of nitrogens with zero attached hydrogens (tertiary/aromatic N) is 1. The van der Waals surface area contributed by atoms with Crippen LogP contribution < -0.4 is 16.4 Å². The molecule has 136 valence electrons. The van der Waals surface area contributed by atoms with Crippen LogP contribution in [0.5, 0.6) is 0 Å². The number of nitrogens with one attached hydrogen (secondary N) is 2. The summed E-state index contributed by atoms with van der Waals surface area (Å²) in [6, 6.07) is 14.0. The average Bonchev–Trinajstić information content (AvgIpc) is 2.61. The van der Waals surface area contributed by atoms with Crippen LogP contribution in [0, 0.1) is 0 Å². The number of hydrogen-bond acceptors (Lipinski definition) is 3. The van der Waals surface area contributed by atoms with E-state index >= 15 is 0 Å². The van der Waals surface area contributed by atoms with Gasteiger partial charge in [-0.3, -0.25) is 14.2 Å². The Balaban J connectivity index is 0.00000196. The topological polar surface area (TPSA) is 66.9 Å². The molecule has 4 rings (SSSR count). The Morgan fingerprint density at radius 2 is 1.96 bits per heavy atom. The number of aromatic nitrogens is 2. The Labute approximate surface area is 165 Å². The van der Waals surface area contributed by atoms with Gasteiger partial charge in [0.1, 0.15) is 0 Å². The number of hydrogen-bond donors (Lipinski definition) is 2. The predicted molar refractivity (Wildman–Crippen MR) is 109 cm³/mol. The molecule has 2 N–H and O–H groups in total. The normalized spacial score (nSPS) is 15.7. The molecule has 0 radical (unpaired) electrons. The van der Waals surface area contributed by atoms with Gasteiger partial charge < -0.3 is 10.3 Å². The quantitative estimate of drug-likeness (QED) is 0.618. The maximum Gasteiger partial charge on any atom is 0.317 e. The first-order valence-electron chi connectivity index (χ1n) is 8.35. The molecule has 2 heterocycles. The molecular weight excluding hydrogens is 418 g/mol. The molecule has 0 saturated heterocycles. The van der Waals surface area contributed by atoms with E-state index in [1.807, 2.05) is 30.3 Å². The van der Waals surface area contributed by atoms with E-state index in [9.17, 15) is 9.59 Å². The second-order valence-corrected chi connectivity index (χ2v) is 7.32. The molecular formula is C19H19BrClN3O2. The minimum atomic E-state index is -0.563. The Bertz CT molecular complexity index is 1050. The van der Waals surface area contributed by atoms with Crippen LogP contribution in [0.1, 0.15) is 23.6 Å². The first-order chi connectivity index (χ1) is 12.1. The summed E-state index contributed by atoms with van der Waals surface area (Å²) in [5, 5.41) is 3.42. The van der Waals surface area contributed by atoms with Crippen LogP contribution in [-0.2, 0) is 13.0 Å². The minimum absolute atomic E-state index is 0. The summed E-state index contributed by atoms with van der Waals surface area (Å²) in [6.45, 7) is 1.40. The predicted octanol–water partition coefficient (Wildman–Crippen LogP) is 3.15. The Hall–Kier alpha value is -1.89. The molecule has 0 bridgehead atoms. The fourth-order valence-corrected chi connectivity index (χ4v) is 4.09. The largest absolute Gasteiger partial charge is 0.317 e. The summed E-state index contributed by atoms with van der Waals surface area (Å²) in [7, 11) is 0. The summed E-state index contributed by atoms with van der Waals surface area (Å²) < 4.78 is 2.59. The molecule has 1 aliphatic heterocycles. The van der Waals surface area contributed by atoms with E-state index in [0.29, 0.717) is 12.1 Å². The lowest BCUT2D eigenvalue weighted by Gasteiger charge is -2.28. The Kier molecular flexibility index (Phi) is 5.65. The molecule has 0 amide bonds. The second kappa shape index (κ2) is 7.78. The van der Waals surface area contributed by atoms with Crippen molar-refractivity contribution in [2.45, 2.75) is 25.4 Å². The van der Waals surface area contributed by atoms with Gasteiger partial charge in [-0.15, -0.1) is 12.4 Å². The van der Waals surface area contributed by atoms with E-state index in [-0.39, 0.29) is 18.4 Å². The number of halogens is 2. The van der Waals surface area contributed by atoms with Crippen molar-refractivity contribution < 1.29 is 0 Å². The standard InChI is InChI=1S/C19H18BrN3O2.ClH/c20-14-8-13-6-7-15(11-21-10-12-4-2-1-3-5-12)23-17(13)16(9-14)22-18(24)19(23)25;/h1-5,8-9,15,21H,6-7,10-11H2,(H,22,24);1H. The molecule has 3 aromatic rings. The van der Waals surface area contributed by atoms with E-state index in [2.05, 4.69) is 38.4 Å². The summed E-state index contributed by atoms with van der Waals surface area (Å²) >= 11 is 3.48. The van der Waals surface area contributed by atoms with Crippen molar-refractivity contribution in [3.8, 4) is 0 Å². The number of benzene rings is 2. The Morgan fingerprint density at radius 3 is 2.73 bits per heavy atom. The number of aryl methyl sites for hydroxylation is 1. The van der Waals surface area contributed by atoms with E-state index in [1.165, 1.54) is 5.56 Å². The zero-order valence-corrected chi connectivity index (χ0v) is 16.4. The van der Waals surface area contributed by atoms with Crippen LogP contribution in [0.15, 0.2) is 56.5 Å². The SMILES string of the molecule is Cl.O=c1[nH]c2cc(Br)cc3c2n(c1=O)C(CNCc1ccccc1)CC3. The highest BCUT2D eigenvalue weighted by Gasteiger charge is 2.24. The highest BCUT2D eigenvalue weighted by molar-refractivity contribution is 9.10. The van der Waals surface area contributed by atoms with Crippen molar-refractivity contribution in [1.29, 1.82) is 0 Å². The van der Waals surface area contributed by atoms with Crippen LogP contribution in [0.2, 0.25) is 0 Å². The van der Waals surface area contributed by atoms with Crippen LogP contribution >= 0.6 is 28.3 Å². The molecule has 1 aromatic heterocycles. The first-order valence-corrected chi connectivity index (χ1v) is 9.14. The van der Waals surface area contributed by atoms with Gasteiger partial charge in [-0.25, -0.2) is 0 Å². The van der Waals surface area contributed by atoms with Crippen LogP contribution in [0.3, 0.4) is 0 Å². The van der Waals surface area contributed by atoms with Crippen molar-refractivity contribution in [1.82, 2.24) is 14.9 Å². The van der Waals surface area contributed by atoms with Gasteiger partial charge in [-0.2, -0.15) is 0 Å². The van der Waals surface area contributed by atoms with E-state index in [4.69, 9.17) is 0 Å². The van der Waals surface area contributed by atoms with Gasteiger partial charge in [0.15, 0.2) is 0 Å². The molecule has 0 aliphatic carbocycles. The van der Waals surface area contributed by atoms with Crippen molar-refractivity contribution >= 4 is 39.4 Å². The molecule has 1 aliphatic rings. The maximum atomic E-state index is 12.5. The summed E-state index contributed by atoms with van der Waals surface area (Å²) in [5.41, 5.74) is 2.82. The van der Waals surface area contributed by atoms with Gasteiger partial charge in [-0.05, 0) is 36.1 Å². The van der Waals surface area contributed by atoms with Crippen LogP contribution in [0.4, 0.5) is 0 Å². The summed E-state index contributed by atoms with van der Waals surface area (Å²) in [6.07, 6.45) is 1.73. The van der Waals surface area contributed by atoms with Gasteiger partial charge in [0, 0.05) is 17.6 Å². The van der Waals surface area contributed by atoms with Gasteiger partial charge in [-0.1, -0.05) is 46.3 Å². The molecule has 0 saturated carbocycles. The highest BCUT2D eigenvalue weighted by atomic mass is 79.9. The van der Waals surface area contributed by atoms with Crippen molar-refractivity contribution in [3.05, 3.63) is 78.8 Å². The zero-order valence-electron chi connectivity index (χ0n) is 14.0. The second-order valence-electron chi connectivity index (χ2n) is 6.40. The van der Waals surface area contributed by atoms with Crippen LogP contribution in [-0.4, -0.2) is 16.1 Å². The van der Waals surface area contributed by atoms with E-state index in [1.54, 1.807) is 4.57 Å². The Morgan fingerprint density at radius 1 is 1.19 bits per heavy atom. The van der Waals surface area contributed by atoms with E-state index < -0.39 is 11.1 Å².